The normalized spacial score (nSPS) is 16.0. The third-order valence-electron chi connectivity index (χ3n) is 6.77. The molecular formula is C31H31NO10. The maximum absolute atomic E-state index is 13.6. The first-order valence-electron chi connectivity index (χ1n) is 13.5. The van der Waals surface area contributed by atoms with Crippen LogP contribution in [-0.2, 0) is 9.47 Å². The number of esters is 2. The Kier molecular flexibility index (Phi) is 9.31. The molecule has 0 radical (unpaired) electrons. The molecule has 0 aliphatic heterocycles. The SMILES string of the molecule is CCOC(=O)c1cccc(O)c1C(=O)c1c(O)cc(C(=O)OC2CCCC2NC(=O)c2ccc(O)cc2)cc1OCC. The fourth-order valence-electron chi connectivity index (χ4n) is 4.80. The molecule has 220 valence electrons. The lowest BCUT2D eigenvalue weighted by Gasteiger charge is -2.22. The Labute approximate surface area is 241 Å². The predicted octanol–water partition coefficient (Wildman–Crippen LogP) is 4.12. The van der Waals surface area contributed by atoms with Crippen LogP contribution in [0.1, 0.15) is 80.1 Å². The highest BCUT2D eigenvalue weighted by Crippen LogP contribution is 2.36. The van der Waals surface area contributed by atoms with E-state index in [1.165, 1.54) is 48.5 Å². The number of hydrogen-bond acceptors (Lipinski definition) is 10. The second kappa shape index (κ2) is 13.1. The second-order valence-electron chi connectivity index (χ2n) is 9.55. The first-order chi connectivity index (χ1) is 20.1. The number of carbonyl (C=O) groups is 4. The highest BCUT2D eigenvalue weighted by molar-refractivity contribution is 6.18. The van der Waals surface area contributed by atoms with E-state index in [0.29, 0.717) is 24.8 Å². The van der Waals surface area contributed by atoms with E-state index >= 15 is 0 Å². The van der Waals surface area contributed by atoms with E-state index in [2.05, 4.69) is 5.32 Å². The fourth-order valence-corrected chi connectivity index (χ4v) is 4.80. The van der Waals surface area contributed by atoms with Crippen molar-refractivity contribution in [1.29, 1.82) is 0 Å². The van der Waals surface area contributed by atoms with E-state index in [1.807, 2.05) is 0 Å². The summed E-state index contributed by atoms with van der Waals surface area (Å²) in [4.78, 5) is 51.9. The first kappa shape index (κ1) is 29.9. The molecule has 0 aromatic heterocycles. The van der Waals surface area contributed by atoms with E-state index in [0.717, 1.165) is 6.07 Å². The highest BCUT2D eigenvalue weighted by atomic mass is 16.5. The molecule has 11 heteroatoms. The third kappa shape index (κ3) is 6.46. The molecule has 0 heterocycles. The van der Waals surface area contributed by atoms with Crippen LogP contribution in [0.5, 0.6) is 23.0 Å². The van der Waals surface area contributed by atoms with Gasteiger partial charge in [0.15, 0.2) is 0 Å². The molecule has 3 aromatic rings. The monoisotopic (exact) mass is 577 g/mol. The average Bonchev–Trinajstić information content (AvgIpc) is 3.39. The summed E-state index contributed by atoms with van der Waals surface area (Å²) in [5.74, 6) is -4.19. The molecule has 1 saturated carbocycles. The van der Waals surface area contributed by atoms with Crippen molar-refractivity contribution in [3.63, 3.8) is 0 Å². The molecule has 2 unspecified atom stereocenters. The lowest BCUT2D eigenvalue weighted by atomic mass is 9.95. The van der Waals surface area contributed by atoms with Crippen LogP contribution in [0.3, 0.4) is 0 Å². The summed E-state index contributed by atoms with van der Waals surface area (Å²) in [6.45, 7) is 3.34. The number of ether oxygens (including phenoxy) is 3. The minimum Gasteiger partial charge on any atom is -0.508 e. The molecule has 1 amide bonds. The summed E-state index contributed by atoms with van der Waals surface area (Å²) < 4.78 is 16.3. The maximum atomic E-state index is 13.6. The van der Waals surface area contributed by atoms with Crippen LogP contribution < -0.4 is 10.1 Å². The molecule has 42 heavy (non-hydrogen) atoms. The van der Waals surface area contributed by atoms with Crippen LogP contribution in [0.25, 0.3) is 0 Å². The molecule has 1 aliphatic carbocycles. The molecule has 0 saturated heterocycles. The Morgan fingerprint density at radius 1 is 0.833 bits per heavy atom. The summed E-state index contributed by atoms with van der Waals surface area (Å²) >= 11 is 0. The average molecular weight is 578 g/mol. The number of hydrogen-bond donors (Lipinski definition) is 4. The summed E-state index contributed by atoms with van der Waals surface area (Å²) in [6.07, 6.45) is 1.13. The minimum absolute atomic E-state index is 0.0293. The van der Waals surface area contributed by atoms with E-state index < -0.39 is 41.4 Å². The van der Waals surface area contributed by atoms with Crippen LogP contribution in [0.2, 0.25) is 0 Å². The summed E-state index contributed by atoms with van der Waals surface area (Å²) in [5, 5.41) is 33.7. The zero-order chi connectivity index (χ0) is 30.4. The molecule has 3 aromatic carbocycles. The van der Waals surface area contributed by atoms with E-state index in [9.17, 15) is 34.5 Å². The van der Waals surface area contributed by atoms with Gasteiger partial charge in [-0.2, -0.15) is 0 Å². The minimum atomic E-state index is -0.912. The predicted molar refractivity (Wildman–Crippen MR) is 149 cm³/mol. The largest absolute Gasteiger partial charge is 0.508 e. The van der Waals surface area contributed by atoms with Crippen molar-refractivity contribution in [2.75, 3.05) is 13.2 Å². The molecule has 1 aliphatic rings. The number of ketones is 1. The van der Waals surface area contributed by atoms with Gasteiger partial charge in [-0.1, -0.05) is 6.07 Å². The van der Waals surface area contributed by atoms with Crippen LogP contribution in [0.4, 0.5) is 0 Å². The van der Waals surface area contributed by atoms with Crippen molar-refractivity contribution in [1.82, 2.24) is 5.32 Å². The number of benzene rings is 3. The standard InChI is InChI=1S/C31H31NO10/c1-3-40-25-16-18(15-23(35)27(25)28(36)26-20(31(39)41-4-2)7-5-9-22(26)34)30(38)42-24-10-6-8-21(24)32-29(37)17-11-13-19(33)14-12-17/h5,7,9,11-16,21,24,33-35H,3-4,6,8,10H2,1-2H3,(H,32,37). The topological polar surface area (TPSA) is 169 Å². The molecule has 11 nitrogen and oxygen atoms in total. The van der Waals surface area contributed by atoms with Gasteiger partial charge in [0, 0.05) is 5.56 Å². The molecule has 4 rings (SSSR count). The molecule has 1 fully saturated rings. The summed E-state index contributed by atoms with van der Waals surface area (Å²) in [6, 6.07) is 11.5. The molecular weight excluding hydrogens is 546 g/mol. The van der Waals surface area contributed by atoms with Crippen LogP contribution in [0, 0.1) is 0 Å². The van der Waals surface area contributed by atoms with Gasteiger partial charge in [0.1, 0.15) is 34.7 Å². The second-order valence-corrected chi connectivity index (χ2v) is 9.55. The Morgan fingerprint density at radius 2 is 1.57 bits per heavy atom. The van der Waals surface area contributed by atoms with Crippen molar-refractivity contribution >= 4 is 23.6 Å². The van der Waals surface area contributed by atoms with Gasteiger partial charge in [0.05, 0.1) is 35.9 Å². The maximum Gasteiger partial charge on any atom is 0.339 e. The Hall–Kier alpha value is -5.06. The van der Waals surface area contributed by atoms with Crippen LogP contribution in [0.15, 0.2) is 54.6 Å². The van der Waals surface area contributed by atoms with E-state index in [-0.39, 0.29) is 52.9 Å². The quantitative estimate of drug-likeness (QED) is 0.203. The summed E-state index contributed by atoms with van der Waals surface area (Å²) in [5.41, 5.74) is -0.715. The van der Waals surface area contributed by atoms with Crippen LogP contribution in [-0.4, -0.2) is 64.3 Å². The number of amides is 1. The smallest absolute Gasteiger partial charge is 0.339 e. The van der Waals surface area contributed by atoms with Gasteiger partial charge < -0.3 is 34.8 Å². The van der Waals surface area contributed by atoms with Gasteiger partial charge in [0.25, 0.3) is 5.91 Å². The van der Waals surface area contributed by atoms with Crippen molar-refractivity contribution in [2.45, 2.75) is 45.3 Å². The lowest BCUT2D eigenvalue weighted by Crippen LogP contribution is -2.41. The highest BCUT2D eigenvalue weighted by Gasteiger charge is 2.34. The van der Waals surface area contributed by atoms with Crippen molar-refractivity contribution in [3.8, 4) is 23.0 Å². The van der Waals surface area contributed by atoms with Crippen molar-refractivity contribution < 1.29 is 48.7 Å². The van der Waals surface area contributed by atoms with Crippen LogP contribution >= 0.6 is 0 Å². The van der Waals surface area contributed by atoms with Gasteiger partial charge >= 0.3 is 11.9 Å². The van der Waals surface area contributed by atoms with Crippen molar-refractivity contribution in [3.05, 3.63) is 82.4 Å². The number of phenolic OH excluding ortho intramolecular Hbond substituents is 3. The van der Waals surface area contributed by atoms with Gasteiger partial charge in [-0.3, -0.25) is 9.59 Å². The zero-order valence-corrected chi connectivity index (χ0v) is 23.1. The Morgan fingerprint density at radius 3 is 2.26 bits per heavy atom. The van der Waals surface area contributed by atoms with Gasteiger partial charge in [-0.15, -0.1) is 0 Å². The van der Waals surface area contributed by atoms with Gasteiger partial charge in [-0.05, 0) is 81.6 Å². The number of rotatable bonds is 10. The lowest BCUT2D eigenvalue weighted by molar-refractivity contribution is 0.0249. The molecule has 0 spiro atoms. The van der Waals surface area contributed by atoms with Gasteiger partial charge in [0.2, 0.25) is 5.78 Å². The fraction of sp³-hybridized carbons (Fsp3) is 0.290. The Bertz CT molecular complexity index is 1500. The molecule has 0 bridgehead atoms. The number of phenols is 3. The zero-order valence-electron chi connectivity index (χ0n) is 23.1. The molecule has 2 atom stereocenters. The van der Waals surface area contributed by atoms with E-state index in [1.54, 1.807) is 13.8 Å². The third-order valence-corrected chi connectivity index (χ3v) is 6.77. The number of nitrogens with one attached hydrogen (secondary N) is 1. The summed E-state index contributed by atoms with van der Waals surface area (Å²) in [7, 11) is 0. The molecule has 4 N–H and O–H groups in total. The first-order valence-corrected chi connectivity index (χ1v) is 13.5. The van der Waals surface area contributed by atoms with Gasteiger partial charge in [-0.25, -0.2) is 9.59 Å². The number of aromatic hydroxyl groups is 3. The van der Waals surface area contributed by atoms with E-state index in [4.69, 9.17) is 14.2 Å². The Balaban J connectivity index is 1.58. The number of carbonyl (C=O) groups excluding carboxylic acids is 4. The van der Waals surface area contributed by atoms with Crippen molar-refractivity contribution in [2.24, 2.45) is 0 Å².